The van der Waals surface area contributed by atoms with Gasteiger partial charge in [0.15, 0.2) is 0 Å². The van der Waals surface area contributed by atoms with Crippen LogP contribution < -0.4 is 5.32 Å². The minimum absolute atomic E-state index is 0.801. The summed E-state index contributed by atoms with van der Waals surface area (Å²) in [5.41, 5.74) is 4.32. The summed E-state index contributed by atoms with van der Waals surface area (Å²) in [6, 6.07) is 2.16. The molecule has 0 aliphatic rings. The maximum atomic E-state index is 5.78. The molecular weight excluding hydrogens is 270 g/mol. The van der Waals surface area contributed by atoms with Gasteiger partial charge in [-0.3, -0.25) is 4.90 Å². The first kappa shape index (κ1) is 15.2. The van der Waals surface area contributed by atoms with Crippen molar-refractivity contribution >= 4 is 11.3 Å². The Kier molecular flexibility index (Phi) is 5.34. The average Bonchev–Trinajstić information content (AvgIpc) is 2.95. The van der Waals surface area contributed by atoms with Crippen LogP contribution in [0, 0.1) is 13.8 Å². The quantitative estimate of drug-likeness (QED) is 0.851. The van der Waals surface area contributed by atoms with Gasteiger partial charge in [0, 0.05) is 23.5 Å². The molecular formula is C15H23N3OS. The van der Waals surface area contributed by atoms with Crippen molar-refractivity contribution in [3.63, 3.8) is 0 Å². The van der Waals surface area contributed by atoms with Crippen LogP contribution in [0.5, 0.6) is 0 Å². The molecule has 0 bridgehead atoms. The molecule has 0 saturated carbocycles. The van der Waals surface area contributed by atoms with Gasteiger partial charge < -0.3 is 9.73 Å². The highest BCUT2D eigenvalue weighted by Crippen LogP contribution is 2.19. The van der Waals surface area contributed by atoms with E-state index < -0.39 is 0 Å². The van der Waals surface area contributed by atoms with Crippen LogP contribution in [0.15, 0.2) is 16.0 Å². The van der Waals surface area contributed by atoms with Gasteiger partial charge in [-0.1, -0.05) is 6.92 Å². The number of nitrogens with one attached hydrogen (secondary N) is 1. The van der Waals surface area contributed by atoms with Crippen molar-refractivity contribution in [1.82, 2.24) is 15.2 Å². The zero-order chi connectivity index (χ0) is 14.5. The normalized spacial score (nSPS) is 11.4. The smallest absolute Gasteiger partial charge is 0.118 e. The number of hydrogen-bond acceptors (Lipinski definition) is 5. The molecule has 0 radical (unpaired) electrons. The molecule has 2 aromatic heterocycles. The molecule has 0 spiro atoms. The van der Waals surface area contributed by atoms with Gasteiger partial charge in [-0.15, -0.1) is 11.3 Å². The van der Waals surface area contributed by atoms with Gasteiger partial charge in [0.05, 0.1) is 17.7 Å². The van der Waals surface area contributed by atoms with Crippen molar-refractivity contribution in [2.45, 2.75) is 40.4 Å². The first-order chi connectivity index (χ1) is 9.60. The summed E-state index contributed by atoms with van der Waals surface area (Å²) in [4.78, 5) is 7.93. The number of hydrogen-bond donors (Lipinski definition) is 1. The van der Waals surface area contributed by atoms with E-state index in [4.69, 9.17) is 4.42 Å². The zero-order valence-corrected chi connectivity index (χ0v) is 13.5. The third-order valence-corrected chi connectivity index (χ3v) is 4.24. The Balaban J connectivity index is 1.95. The number of aromatic nitrogens is 1. The van der Waals surface area contributed by atoms with E-state index in [1.807, 2.05) is 12.4 Å². The molecule has 0 unspecified atom stereocenters. The molecule has 0 saturated heterocycles. The van der Waals surface area contributed by atoms with Crippen LogP contribution in [0.4, 0.5) is 0 Å². The van der Waals surface area contributed by atoms with Crippen LogP contribution in [0.1, 0.15) is 34.6 Å². The van der Waals surface area contributed by atoms with E-state index in [0.717, 1.165) is 43.4 Å². The Morgan fingerprint density at radius 1 is 1.35 bits per heavy atom. The van der Waals surface area contributed by atoms with Crippen LogP contribution in [0.3, 0.4) is 0 Å². The van der Waals surface area contributed by atoms with Gasteiger partial charge in [-0.2, -0.15) is 0 Å². The number of nitrogens with zero attached hydrogens (tertiary/aromatic N) is 2. The van der Waals surface area contributed by atoms with E-state index in [0.29, 0.717) is 0 Å². The van der Waals surface area contributed by atoms with Crippen molar-refractivity contribution in [3.05, 3.63) is 39.2 Å². The van der Waals surface area contributed by atoms with Crippen molar-refractivity contribution in [3.8, 4) is 0 Å². The summed E-state index contributed by atoms with van der Waals surface area (Å²) in [5, 5.41) is 3.29. The van der Waals surface area contributed by atoms with E-state index in [-0.39, 0.29) is 0 Å². The van der Waals surface area contributed by atoms with Gasteiger partial charge in [-0.25, -0.2) is 4.98 Å². The topological polar surface area (TPSA) is 41.3 Å². The number of rotatable bonds is 7. The second-order valence-electron chi connectivity index (χ2n) is 5.11. The van der Waals surface area contributed by atoms with Crippen molar-refractivity contribution in [1.29, 1.82) is 0 Å². The summed E-state index contributed by atoms with van der Waals surface area (Å²) in [6.45, 7) is 9.80. The van der Waals surface area contributed by atoms with Crippen molar-refractivity contribution < 1.29 is 4.42 Å². The van der Waals surface area contributed by atoms with Crippen molar-refractivity contribution in [2.75, 3.05) is 13.6 Å². The highest BCUT2D eigenvalue weighted by Gasteiger charge is 2.11. The summed E-state index contributed by atoms with van der Waals surface area (Å²) in [6.07, 6.45) is 0. The second-order valence-corrected chi connectivity index (χ2v) is 6.05. The molecule has 2 rings (SSSR count). The van der Waals surface area contributed by atoms with Crippen LogP contribution in [-0.4, -0.2) is 23.5 Å². The predicted molar refractivity (Wildman–Crippen MR) is 82.8 cm³/mol. The van der Waals surface area contributed by atoms with Gasteiger partial charge in [-0.05, 0) is 33.5 Å². The Labute approximate surface area is 124 Å². The number of aryl methyl sites for hydroxylation is 2. The van der Waals surface area contributed by atoms with E-state index >= 15 is 0 Å². The van der Waals surface area contributed by atoms with Gasteiger partial charge >= 0.3 is 0 Å². The molecule has 0 aromatic carbocycles. The van der Waals surface area contributed by atoms with Crippen molar-refractivity contribution in [2.24, 2.45) is 0 Å². The number of furan rings is 1. The highest BCUT2D eigenvalue weighted by atomic mass is 32.1. The number of thiazole rings is 1. The molecule has 0 aliphatic heterocycles. The predicted octanol–water partition coefficient (Wildman–Crippen LogP) is 3.09. The van der Waals surface area contributed by atoms with Gasteiger partial charge in [0.2, 0.25) is 0 Å². The van der Waals surface area contributed by atoms with Crippen LogP contribution >= 0.6 is 11.3 Å². The van der Waals surface area contributed by atoms with E-state index in [9.17, 15) is 0 Å². The molecule has 0 amide bonds. The van der Waals surface area contributed by atoms with Gasteiger partial charge in [0.25, 0.3) is 0 Å². The van der Waals surface area contributed by atoms with Crippen LogP contribution in [-0.2, 0) is 19.6 Å². The molecule has 2 heterocycles. The fraction of sp³-hybridized carbons (Fsp3) is 0.533. The molecule has 110 valence electrons. The molecule has 4 nitrogen and oxygen atoms in total. The third-order valence-electron chi connectivity index (χ3n) is 3.32. The zero-order valence-electron chi connectivity index (χ0n) is 12.7. The first-order valence-corrected chi connectivity index (χ1v) is 7.84. The Hall–Kier alpha value is -1.17. The molecule has 2 aromatic rings. The molecule has 0 fully saturated rings. The minimum atomic E-state index is 0.801. The van der Waals surface area contributed by atoms with Crippen LogP contribution in [0.25, 0.3) is 0 Å². The maximum Gasteiger partial charge on any atom is 0.118 e. The lowest BCUT2D eigenvalue weighted by atomic mass is 10.2. The van der Waals surface area contributed by atoms with E-state index in [1.54, 1.807) is 11.3 Å². The monoisotopic (exact) mass is 293 g/mol. The fourth-order valence-corrected chi connectivity index (χ4v) is 3.01. The Morgan fingerprint density at radius 2 is 2.15 bits per heavy atom. The minimum Gasteiger partial charge on any atom is -0.465 e. The molecule has 5 heteroatoms. The molecule has 1 N–H and O–H groups in total. The SMILES string of the molecule is CCNCc1cc(CN(C)Cc2scnc2C)c(C)o1. The maximum absolute atomic E-state index is 5.78. The molecule has 0 aliphatic carbocycles. The lowest BCUT2D eigenvalue weighted by Crippen LogP contribution is -2.17. The molecule has 0 atom stereocenters. The lowest BCUT2D eigenvalue weighted by molar-refractivity contribution is 0.318. The van der Waals surface area contributed by atoms with E-state index in [2.05, 4.69) is 42.2 Å². The largest absolute Gasteiger partial charge is 0.465 e. The van der Waals surface area contributed by atoms with Crippen LogP contribution in [0.2, 0.25) is 0 Å². The summed E-state index contributed by atoms with van der Waals surface area (Å²) in [5.74, 6) is 2.03. The first-order valence-electron chi connectivity index (χ1n) is 6.96. The van der Waals surface area contributed by atoms with E-state index in [1.165, 1.54) is 10.4 Å². The Bertz CT molecular complexity index is 547. The highest BCUT2D eigenvalue weighted by molar-refractivity contribution is 7.09. The summed E-state index contributed by atoms with van der Waals surface area (Å²) >= 11 is 1.72. The second kappa shape index (κ2) is 7.02. The standard InChI is InChI=1S/C15H23N3OS/c1-5-16-7-14-6-13(12(3)19-14)8-18(4)9-15-11(2)17-10-20-15/h6,10,16H,5,7-9H2,1-4H3. The average molecular weight is 293 g/mol. The lowest BCUT2D eigenvalue weighted by Gasteiger charge is -2.15. The third kappa shape index (κ3) is 3.91. The summed E-state index contributed by atoms with van der Waals surface area (Å²) < 4.78 is 5.78. The van der Waals surface area contributed by atoms with Gasteiger partial charge in [0.1, 0.15) is 11.5 Å². The fourth-order valence-electron chi connectivity index (χ4n) is 2.15. The molecule has 20 heavy (non-hydrogen) atoms. The summed E-state index contributed by atoms with van der Waals surface area (Å²) in [7, 11) is 2.13. The Morgan fingerprint density at radius 3 is 2.80 bits per heavy atom.